The maximum atomic E-state index is 12.5. The third kappa shape index (κ3) is 4.08. The molecule has 0 radical (unpaired) electrons. The summed E-state index contributed by atoms with van der Waals surface area (Å²) in [4.78, 5) is 16.3. The monoisotopic (exact) mass is 303 g/mol. The quantitative estimate of drug-likeness (QED) is 0.803. The number of hydrogen-bond acceptors (Lipinski definition) is 4. The number of nitrogens with zero attached hydrogens (tertiary/aromatic N) is 2. The zero-order valence-corrected chi connectivity index (χ0v) is 13.4. The van der Waals surface area contributed by atoms with E-state index >= 15 is 0 Å². The number of carbonyl (C=O) groups excluding carboxylic acids is 1. The van der Waals surface area contributed by atoms with Gasteiger partial charge in [-0.15, -0.1) is 0 Å². The van der Waals surface area contributed by atoms with Gasteiger partial charge in [0.2, 0.25) is 5.91 Å². The standard InChI is InChI=1S/C17H25N3O2/c1-4-8-22-15-7-5-6-13(9-15)11-20(3)17(21)16-10-14(18)12-19(16)2/h4-7,9,14,16H,1,8,10-12,18H2,2-3H3/t14-,16-/m0/s1. The molecule has 5 nitrogen and oxygen atoms in total. The first-order valence-electron chi connectivity index (χ1n) is 7.54. The zero-order chi connectivity index (χ0) is 16.1. The highest BCUT2D eigenvalue weighted by Gasteiger charge is 2.34. The van der Waals surface area contributed by atoms with E-state index in [4.69, 9.17) is 10.5 Å². The van der Waals surface area contributed by atoms with Crippen LogP contribution in [-0.4, -0.2) is 55.0 Å². The first-order chi connectivity index (χ1) is 10.5. The summed E-state index contributed by atoms with van der Waals surface area (Å²) in [6.07, 6.45) is 2.43. The third-order valence-electron chi connectivity index (χ3n) is 3.93. The molecule has 0 aromatic heterocycles. The second-order valence-electron chi connectivity index (χ2n) is 5.89. The highest BCUT2D eigenvalue weighted by molar-refractivity contribution is 5.82. The maximum absolute atomic E-state index is 12.5. The fraction of sp³-hybridized carbons (Fsp3) is 0.471. The van der Waals surface area contributed by atoms with Crippen LogP contribution >= 0.6 is 0 Å². The number of rotatable bonds is 6. The van der Waals surface area contributed by atoms with Crippen LogP contribution in [-0.2, 0) is 11.3 Å². The van der Waals surface area contributed by atoms with E-state index in [-0.39, 0.29) is 18.0 Å². The number of amides is 1. The van der Waals surface area contributed by atoms with E-state index in [0.717, 1.165) is 24.3 Å². The summed E-state index contributed by atoms with van der Waals surface area (Å²) in [5.41, 5.74) is 6.98. The summed E-state index contributed by atoms with van der Waals surface area (Å²) in [5.74, 6) is 0.908. The molecule has 0 bridgehead atoms. The van der Waals surface area contributed by atoms with Gasteiger partial charge in [-0.05, 0) is 31.2 Å². The van der Waals surface area contributed by atoms with Crippen LogP contribution in [0.2, 0.25) is 0 Å². The second kappa shape index (κ2) is 7.42. The van der Waals surface area contributed by atoms with Gasteiger partial charge in [-0.3, -0.25) is 9.69 Å². The minimum Gasteiger partial charge on any atom is -0.490 e. The average molecular weight is 303 g/mol. The van der Waals surface area contributed by atoms with Crippen molar-refractivity contribution in [1.29, 1.82) is 0 Å². The lowest BCUT2D eigenvalue weighted by Crippen LogP contribution is -2.42. The number of hydrogen-bond donors (Lipinski definition) is 1. The molecule has 0 unspecified atom stereocenters. The minimum atomic E-state index is -0.111. The van der Waals surface area contributed by atoms with Crippen LogP contribution in [0.5, 0.6) is 5.75 Å². The molecule has 22 heavy (non-hydrogen) atoms. The van der Waals surface area contributed by atoms with Gasteiger partial charge >= 0.3 is 0 Å². The Morgan fingerprint density at radius 2 is 2.36 bits per heavy atom. The van der Waals surface area contributed by atoms with E-state index in [1.54, 1.807) is 11.0 Å². The number of carbonyl (C=O) groups is 1. The van der Waals surface area contributed by atoms with Crippen molar-refractivity contribution in [3.05, 3.63) is 42.5 Å². The number of nitrogens with two attached hydrogens (primary N) is 1. The molecule has 1 heterocycles. The summed E-state index contributed by atoms with van der Waals surface area (Å²) >= 11 is 0. The van der Waals surface area contributed by atoms with Crippen molar-refractivity contribution in [3.8, 4) is 5.75 Å². The molecule has 1 amide bonds. The molecule has 1 fully saturated rings. The van der Waals surface area contributed by atoms with Crippen LogP contribution in [0.1, 0.15) is 12.0 Å². The van der Waals surface area contributed by atoms with E-state index in [2.05, 4.69) is 6.58 Å². The van der Waals surface area contributed by atoms with Gasteiger partial charge in [-0.1, -0.05) is 24.8 Å². The SMILES string of the molecule is C=CCOc1cccc(CN(C)C(=O)[C@@H]2C[C@H](N)CN2C)c1. The molecule has 0 spiro atoms. The molecule has 2 rings (SSSR count). The largest absolute Gasteiger partial charge is 0.490 e. The molecule has 5 heteroatoms. The lowest BCUT2D eigenvalue weighted by molar-refractivity contribution is -0.134. The molecule has 2 N–H and O–H groups in total. The number of likely N-dealkylation sites (N-methyl/N-ethyl adjacent to an activating group) is 2. The normalized spacial score (nSPS) is 21.6. The lowest BCUT2D eigenvalue weighted by Gasteiger charge is -2.25. The Bertz CT molecular complexity index is 532. The van der Waals surface area contributed by atoms with Gasteiger partial charge in [0.25, 0.3) is 0 Å². The molecular formula is C17H25N3O2. The molecule has 0 saturated carbocycles. The Hall–Kier alpha value is -1.85. The number of benzene rings is 1. The van der Waals surface area contributed by atoms with Crippen LogP contribution < -0.4 is 10.5 Å². The predicted molar refractivity (Wildman–Crippen MR) is 87.6 cm³/mol. The molecule has 1 aromatic rings. The van der Waals surface area contributed by atoms with Gasteiger partial charge < -0.3 is 15.4 Å². The van der Waals surface area contributed by atoms with E-state index < -0.39 is 0 Å². The van der Waals surface area contributed by atoms with Gasteiger partial charge in [0, 0.05) is 26.2 Å². The summed E-state index contributed by atoms with van der Waals surface area (Å²) in [6.45, 7) is 5.44. The summed E-state index contributed by atoms with van der Waals surface area (Å²) in [6, 6.07) is 7.76. The van der Waals surface area contributed by atoms with Crippen molar-refractivity contribution in [2.45, 2.75) is 25.0 Å². The van der Waals surface area contributed by atoms with Crippen molar-refractivity contribution >= 4 is 5.91 Å². The molecule has 120 valence electrons. The Morgan fingerprint density at radius 1 is 1.59 bits per heavy atom. The Kier molecular flexibility index (Phi) is 5.57. The van der Waals surface area contributed by atoms with Crippen LogP contribution in [0.3, 0.4) is 0 Å². The van der Waals surface area contributed by atoms with Crippen LogP contribution in [0.15, 0.2) is 36.9 Å². The van der Waals surface area contributed by atoms with Crippen LogP contribution in [0.4, 0.5) is 0 Å². The van der Waals surface area contributed by atoms with E-state index in [1.165, 1.54) is 0 Å². The lowest BCUT2D eigenvalue weighted by atomic mass is 10.1. The Morgan fingerprint density at radius 3 is 3.00 bits per heavy atom. The summed E-state index contributed by atoms with van der Waals surface area (Å²) in [7, 11) is 3.78. The van der Waals surface area contributed by atoms with Gasteiger partial charge in [0.05, 0.1) is 6.04 Å². The van der Waals surface area contributed by atoms with Gasteiger partial charge in [0.1, 0.15) is 12.4 Å². The van der Waals surface area contributed by atoms with Gasteiger partial charge in [0.15, 0.2) is 0 Å². The highest BCUT2D eigenvalue weighted by Crippen LogP contribution is 2.19. The molecule has 1 aliphatic rings. The van der Waals surface area contributed by atoms with E-state index in [1.807, 2.05) is 43.3 Å². The zero-order valence-electron chi connectivity index (χ0n) is 13.4. The Labute approximate surface area is 132 Å². The first kappa shape index (κ1) is 16.5. The highest BCUT2D eigenvalue weighted by atomic mass is 16.5. The molecular weight excluding hydrogens is 278 g/mol. The van der Waals surface area contributed by atoms with Gasteiger partial charge in [-0.2, -0.15) is 0 Å². The maximum Gasteiger partial charge on any atom is 0.240 e. The summed E-state index contributed by atoms with van der Waals surface area (Å²) < 4.78 is 5.52. The topological polar surface area (TPSA) is 58.8 Å². The van der Waals surface area contributed by atoms with E-state index in [0.29, 0.717) is 13.2 Å². The minimum absolute atomic E-state index is 0.0861. The molecule has 1 saturated heterocycles. The van der Waals surface area contributed by atoms with E-state index in [9.17, 15) is 4.79 Å². The second-order valence-corrected chi connectivity index (χ2v) is 5.89. The molecule has 1 aliphatic heterocycles. The molecule has 1 aromatic carbocycles. The van der Waals surface area contributed by atoms with Crippen molar-refractivity contribution < 1.29 is 9.53 Å². The predicted octanol–water partition coefficient (Wildman–Crippen LogP) is 1.24. The number of ether oxygens (including phenoxy) is 1. The number of likely N-dealkylation sites (tertiary alicyclic amines) is 1. The van der Waals surface area contributed by atoms with Crippen LogP contribution in [0.25, 0.3) is 0 Å². The summed E-state index contributed by atoms with van der Waals surface area (Å²) in [5, 5.41) is 0. The van der Waals surface area contributed by atoms with Crippen molar-refractivity contribution in [2.24, 2.45) is 5.73 Å². The van der Waals surface area contributed by atoms with Crippen molar-refractivity contribution in [1.82, 2.24) is 9.80 Å². The average Bonchev–Trinajstić information content (AvgIpc) is 2.83. The van der Waals surface area contributed by atoms with Crippen molar-refractivity contribution in [3.63, 3.8) is 0 Å². The van der Waals surface area contributed by atoms with Crippen LogP contribution in [0, 0.1) is 0 Å². The fourth-order valence-electron chi connectivity index (χ4n) is 2.82. The smallest absolute Gasteiger partial charge is 0.240 e. The van der Waals surface area contributed by atoms with Gasteiger partial charge in [-0.25, -0.2) is 0 Å². The molecule has 2 atom stereocenters. The van der Waals surface area contributed by atoms with Crippen molar-refractivity contribution in [2.75, 3.05) is 27.2 Å². The Balaban J connectivity index is 1.97. The molecule has 0 aliphatic carbocycles. The first-order valence-corrected chi connectivity index (χ1v) is 7.54. The fourth-order valence-corrected chi connectivity index (χ4v) is 2.82. The third-order valence-corrected chi connectivity index (χ3v) is 3.93.